The molecule has 0 fully saturated rings. The van der Waals surface area contributed by atoms with Crippen LogP contribution in [0.4, 0.5) is 0 Å². The molecule has 5 heteroatoms. The number of rotatable bonds is 7. The van der Waals surface area contributed by atoms with E-state index in [0.29, 0.717) is 12.0 Å². The summed E-state index contributed by atoms with van der Waals surface area (Å²) < 4.78 is 1.82. The van der Waals surface area contributed by atoms with Gasteiger partial charge in [-0.1, -0.05) is 13.8 Å². The molecule has 0 aliphatic heterocycles. The van der Waals surface area contributed by atoms with Crippen LogP contribution < -0.4 is 5.32 Å². The number of aromatic nitrogens is 3. The molecule has 0 aliphatic rings. The lowest BCUT2D eigenvalue weighted by Crippen LogP contribution is -2.42. The highest BCUT2D eigenvalue weighted by atomic mass is 16.3. The van der Waals surface area contributed by atoms with Crippen LogP contribution >= 0.6 is 0 Å². The van der Waals surface area contributed by atoms with Crippen LogP contribution in [0.15, 0.2) is 12.7 Å². The van der Waals surface area contributed by atoms with E-state index in [0.717, 1.165) is 13.0 Å². The van der Waals surface area contributed by atoms with Crippen LogP contribution in [0.5, 0.6) is 0 Å². The Morgan fingerprint density at radius 3 is 2.62 bits per heavy atom. The molecule has 0 saturated carbocycles. The molecule has 0 bridgehead atoms. The molecule has 16 heavy (non-hydrogen) atoms. The fourth-order valence-electron chi connectivity index (χ4n) is 1.58. The van der Waals surface area contributed by atoms with E-state index < -0.39 is 0 Å². The topological polar surface area (TPSA) is 63.0 Å². The molecule has 2 atom stereocenters. The summed E-state index contributed by atoms with van der Waals surface area (Å²) in [5, 5.41) is 16.7. The van der Waals surface area contributed by atoms with Crippen molar-refractivity contribution in [2.24, 2.45) is 5.92 Å². The molecule has 1 aromatic heterocycles. The molecular weight excluding hydrogens is 204 g/mol. The summed E-state index contributed by atoms with van der Waals surface area (Å²) in [6.07, 6.45) is 4.24. The van der Waals surface area contributed by atoms with Gasteiger partial charge in [0.1, 0.15) is 12.7 Å². The maximum Gasteiger partial charge on any atom is 0.137 e. The van der Waals surface area contributed by atoms with Gasteiger partial charge in [-0.25, -0.2) is 4.98 Å². The molecule has 2 N–H and O–H groups in total. The SMILES string of the molecule is CC(CCn1cncn1)N[C@H](CO)C(C)C. The highest BCUT2D eigenvalue weighted by Gasteiger charge is 2.14. The average molecular weight is 226 g/mol. The Morgan fingerprint density at radius 2 is 2.12 bits per heavy atom. The summed E-state index contributed by atoms with van der Waals surface area (Å²) in [4.78, 5) is 3.90. The van der Waals surface area contributed by atoms with Crippen molar-refractivity contribution in [1.29, 1.82) is 0 Å². The van der Waals surface area contributed by atoms with Crippen molar-refractivity contribution in [3.63, 3.8) is 0 Å². The van der Waals surface area contributed by atoms with E-state index in [-0.39, 0.29) is 12.6 Å². The fourth-order valence-corrected chi connectivity index (χ4v) is 1.58. The largest absolute Gasteiger partial charge is 0.395 e. The van der Waals surface area contributed by atoms with Crippen LogP contribution in [0, 0.1) is 5.92 Å². The number of aryl methyl sites for hydroxylation is 1. The Labute approximate surface area is 96.9 Å². The molecule has 0 amide bonds. The summed E-state index contributed by atoms with van der Waals surface area (Å²) in [5.74, 6) is 0.443. The number of aliphatic hydroxyl groups is 1. The van der Waals surface area contributed by atoms with Gasteiger partial charge in [0.05, 0.1) is 6.61 Å². The maximum atomic E-state index is 9.21. The zero-order chi connectivity index (χ0) is 12.0. The first kappa shape index (κ1) is 13.1. The van der Waals surface area contributed by atoms with E-state index in [1.54, 1.807) is 12.7 Å². The highest BCUT2D eigenvalue weighted by Crippen LogP contribution is 2.04. The van der Waals surface area contributed by atoms with Crippen LogP contribution in [-0.4, -0.2) is 38.6 Å². The van der Waals surface area contributed by atoms with E-state index in [1.807, 2.05) is 4.68 Å². The number of hydrogen-bond donors (Lipinski definition) is 2. The van der Waals surface area contributed by atoms with Crippen LogP contribution in [0.3, 0.4) is 0 Å². The zero-order valence-corrected chi connectivity index (χ0v) is 10.3. The molecule has 0 radical (unpaired) electrons. The Hall–Kier alpha value is -0.940. The predicted molar refractivity (Wildman–Crippen MR) is 62.9 cm³/mol. The summed E-state index contributed by atoms with van der Waals surface area (Å²) in [7, 11) is 0. The third kappa shape index (κ3) is 4.28. The third-order valence-electron chi connectivity index (χ3n) is 2.76. The van der Waals surface area contributed by atoms with Gasteiger partial charge in [0, 0.05) is 18.6 Å². The van der Waals surface area contributed by atoms with Crippen LogP contribution in [0.2, 0.25) is 0 Å². The van der Waals surface area contributed by atoms with E-state index in [2.05, 4.69) is 36.2 Å². The Balaban J connectivity index is 2.27. The highest BCUT2D eigenvalue weighted by molar-refractivity contribution is 4.73. The predicted octanol–water partition coefficient (Wildman–Crippen LogP) is 0.663. The van der Waals surface area contributed by atoms with E-state index >= 15 is 0 Å². The van der Waals surface area contributed by atoms with Crippen LogP contribution in [0.25, 0.3) is 0 Å². The number of nitrogens with zero attached hydrogens (tertiary/aromatic N) is 3. The normalized spacial score (nSPS) is 15.3. The molecule has 0 aliphatic carbocycles. The molecular formula is C11H22N4O. The molecule has 1 aromatic rings. The first-order valence-electron chi connectivity index (χ1n) is 5.82. The second-order valence-corrected chi connectivity index (χ2v) is 4.55. The summed E-state index contributed by atoms with van der Waals surface area (Å²) in [5.41, 5.74) is 0. The molecule has 0 spiro atoms. The van der Waals surface area contributed by atoms with Crippen molar-refractivity contribution >= 4 is 0 Å². The summed E-state index contributed by atoms with van der Waals surface area (Å²) in [6, 6.07) is 0.537. The van der Waals surface area contributed by atoms with Crippen molar-refractivity contribution in [3.8, 4) is 0 Å². The lowest BCUT2D eigenvalue weighted by molar-refractivity contribution is 0.198. The zero-order valence-electron chi connectivity index (χ0n) is 10.3. The third-order valence-corrected chi connectivity index (χ3v) is 2.76. The van der Waals surface area contributed by atoms with Crippen LogP contribution in [0.1, 0.15) is 27.2 Å². The quantitative estimate of drug-likeness (QED) is 0.717. The van der Waals surface area contributed by atoms with Gasteiger partial charge in [0.2, 0.25) is 0 Å². The molecule has 1 unspecified atom stereocenters. The number of aliphatic hydroxyl groups excluding tert-OH is 1. The van der Waals surface area contributed by atoms with Gasteiger partial charge in [-0.2, -0.15) is 5.10 Å². The average Bonchev–Trinajstić information content (AvgIpc) is 2.75. The van der Waals surface area contributed by atoms with E-state index in [1.165, 1.54) is 0 Å². The van der Waals surface area contributed by atoms with Crippen molar-refractivity contribution in [3.05, 3.63) is 12.7 Å². The molecule has 0 saturated heterocycles. The number of nitrogens with one attached hydrogen (secondary N) is 1. The van der Waals surface area contributed by atoms with Gasteiger partial charge >= 0.3 is 0 Å². The van der Waals surface area contributed by atoms with Crippen molar-refractivity contribution in [2.75, 3.05) is 6.61 Å². The van der Waals surface area contributed by atoms with Crippen LogP contribution in [-0.2, 0) is 6.54 Å². The fraction of sp³-hybridized carbons (Fsp3) is 0.818. The Kier molecular flexibility index (Phi) is 5.42. The van der Waals surface area contributed by atoms with Crippen molar-refractivity contribution in [1.82, 2.24) is 20.1 Å². The van der Waals surface area contributed by atoms with E-state index in [4.69, 9.17) is 0 Å². The monoisotopic (exact) mass is 226 g/mol. The second-order valence-electron chi connectivity index (χ2n) is 4.55. The minimum atomic E-state index is 0.172. The van der Waals surface area contributed by atoms with Gasteiger partial charge in [-0.05, 0) is 19.3 Å². The van der Waals surface area contributed by atoms with E-state index in [9.17, 15) is 5.11 Å². The van der Waals surface area contributed by atoms with Gasteiger partial charge in [-0.3, -0.25) is 4.68 Å². The smallest absolute Gasteiger partial charge is 0.137 e. The first-order valence-corrected chi connectivity index (χ1v) is 5.82. The second kappa shape index (κ2) is 6.60. The Morgan fingerprint density at radius 1 is 1.38 bits per heavy atom. The maximum absolute atomic E-state index is 9.21. The molecule has 1 rings (SSSR count). The van der Waals surface area contributed by atoms with Gasteiger partial charge in [0.15, 0.2) is 0 Å². The lowest BCUT2D eigenvalue weighted by Gasteiger charge is -2.24. The number of hydrogen-bond acceptors (Lipinski definition) is 4. The van der Waals surface area contributed by atoms with Gasteiger partial charge < -0.3 is 10.4 Å². The first-order chi connectivity index (χ1) is 7.63. The van der Waals surface area contributed by atoms with Gasteiger partial charge in [0.25, 0.3) is 0 Å². The summed E-state index contributed by atoms with van der Waals surface area (Å²) in [6.45, 7) is 7.38. The standard InChI is InChI=1S/C11H22N4O/c1-9(2)11(6-16)14-10(3)4-5-15-8-12-7-13-15/h7-11,14,16H,4-6H2,1-3H3/t10?,11-/m1/s1. The van der Waals surface area contributed by atoms with Gasteiger partial charge in [-0.15, -0.1) is 0 Å². The van der Waals surface area contributed by atoms with Crippen molar-refractivity contribution in [2.45, 2.75) is 45.8 Å². The van der Waals surface area contributed by atoms with Crippen molar-refractivity contribution < 1.29 is 5.11 Å². The molecule has 0 aromatic carbocycles. The molecule has 1 heterocycles. The minimum absolute atomic E-state index is 0.172. The Bertz CT molecular complexity index is 274. The minimum Gasteiger partial charge on any atom is -0.395 e. The molecule has 92 valence electrons. The summed E-state index contributed by atoms with van der Waals surface area (Å²) >= 11 is 0. The molecule has 5 nitrogen and oxygen atoms in total. The lowest BCUT2D eigenvalue weighted by atomic mass is 10.0.